The van der Waals surface area contributed by atoms with Crippen LogP contribution in [0, 0.1) is 5.92 Å². The van der Waals surface area contributed by atoms with Crippen LogP contribution in [0.5, 0.6) is 0 Å². The summed E-state index contributed by atoms with van der Waals surface area (Å²) in [6.07, 6.45) is 0. The largest absolute Gasteiger partial charge is 0.396 e. The number of benzene rings is 3. The van der Waals surface area contributed by atoms with Gasteiger partial charge in [-0.05, 0) is 47.9 Å². The fourth-order valence-corrected chi connectivity index (χ4v) is 9.05. The Morgan fingerprint density at radius 2 is 1.26 bits per heavy atom. The van der Waals surface area contributed by atoms with Gasteiger partial charge in [0.15, 0.2) is 24.3 Å². The van der Waals surface area contributed by atoms with Crippen LogP contribution >= 0.6 is 11.6 Å². The smallest absolute Gasteiger partial charge is 0.196 e. The molecule has 0 fully saturated rings. The van der Waals surface area contributed by atoms with Crippen molar-refractivity contribution in [3.05, 3.63) is 95.5 Å². The molecular formula is C23H23ClO5S2. The van der Waals surface area contributed by atoms with Gasteiger partial charge in [0.05, 0.1) is 9.79 Å². The van der Waals surface area contributed by atoms with Gasteiger partial charge in [0.25, 0.3) is 0 Å². The summed E-state index contributed by atoms with van der Waals surface area (Å²) in [6, 6.07) is 21.4. The lowest BCUT2D eigenvalue weighted by molar-refractivity contribution is 0.218. The molecule has 0 heterocycles. The monoisotopic (exact) mass is 478 g/mol. The molecule has 0 saturated heterocycles. The minimum absolute atomic E-state index is 0.100. The zero-order valence-corrected chi connectivity index (χ0v) is 19.2. The van der Waals surface area contributed by atoms with Crippen molar-refractivity contribution in [2.24, 2.45) is 5.92 Å². The summed E-state index contributed by atoms with van der Waals surface area (Å²) in [6.45, 7) is 1.22. The van der Waals surface area contributed by atoms with Crippen molar-refractivity contribution >= 4 is 31.3 Å². The Hall–Kier alpha value is -2.19. The first kappa shape index (κ1) is 23.5. The third-order valence-corrected chi connectivity index (χ3v) is 10.6. The molecule has 0 aliphatic carbocycles. The van der Waals surface area contributed by atoms with Crippen LogP contribution in [0.1, 0.15) is 18.4 Å². The van der Waals surface area contributed by atoms with Gasteiger partial charge in [0, 0.05) is 17.5 Å². The van der Waals surface area contributed by atoms with Crippen molar-refractivity contribution in [1.29, 1.82) is 0 Å². The van der Waals surface area contributed by atoms with Gasteiger partial charge in [-0.25, -0.2) is 16.8 Å². The molecule has 0 bridgehead atoms. The van der Waals surface area contributed by atoms with Gasteiger partial charge in [-0.3, -0.25) is 0 Å². The molecule has 3 aromatic rings. The summed E-state index contributed by atoms with van der Waals surface area (Å²) in [5.74, 6) is -1.74. The minimum atomic E-state index is -4.36. The van der Waals surface area contributed by atoms with E-state index in [1.807, 2.05) is 0 Å². The lowest BCUT2D eigenvalue weighted by Crippen LogP contribution is -2.40. The normalized spacial score (nSPS) is 14.3. The Kier molecular flexibility index (Phi) is 7.21. The minimum Gasteiger partial charge on any atom is -0.396 e. The SMILES string of the molecule is C[C@@H](CO)[C@@H](c1cccc(Cl)c1)C(S(=O)(=O)c1ccccc1)S(=O)(=O)c1ccccc1. The number of sulfone groups is 2. The predicted octanol–water partition coefficient (Wildman–Crippen LogP) is 4.33. The number of hydrogen-bond acceptors (Lipinski definition) is 5. The second-order valence-electron chi connectivity index (χ2n) is 7.33. The lowest BCUT2D eigenvalue weighted by Gasteiger charge is -2.31. The third-order valence-electron chi connectivity index (χ3n) is 5.18. The highest BCUT2D eigenvalue weighted by atomic mass is 35.5. The molecule has 3 rings (SSSR count). The van der Waals surface area contributed by atoms with Gasteiger partial charge >= 0.3 is 0 Å². The third kappa shape index (κ3) is 4.85. The zero-order valence-electron chi connectivity index (χ0n) is 16.8. The average Bonchev–Trinajstić information content (AvgIpc) is 2.77. The van der Waals surface area contributed by atoms with E-state index < -0.39 is 42.7 Å². The number of aliphatic hydroxyl groups is 1. The van der Waals surface area contributed by atoms with Crippen molar-refractivity contribution in [1.82, 2.24) is 0 Å². The summed E-state index contributed by atoms with van der Waals surface area (Å²) >= 11 is 6.14. The van der Waals surface area contributed by atoms with E-state index in [4.69, 9.17) is 11.6 Å². The van der Waals surface area contributed by atoms with E-state index in [2.05, 4.69) is 0 Å². The topological polar surface area (TPSA) is 88.5 Å². The molecule has 2 atom stereocenters. The van der Waals surface area contributed by atoms with Crippen molar-refractivity contribution in [3.63, 3.8) is 0 Å². The van der Waals surface area contributed by atoms with Crippen LogP contribution in [0.4, 0.5) is 0 Å². The second-order valence-corrected chi connectivity index (χ2v) is 12.2. The summed E-state index contributed by atoms with van der Waals surface area (Å²) < 4.78 is 53.3. The first-order chi connectivity index (χ1) is 14.7. The van der Waals surface area contributed by atoms with Crippen molar-refractivity contribution < 1.29 is 21.9 Å². The van der Waals surface area contributed by atoms with Crippen molar-refractivity contribution in [3.8, 4) is 0 Å². The van der Waals surface area contributed by atoms with E-state index in [9.17, 15) is 21.9 Å². The number of halogens is 1. The van der Waals surface area contributed by atoms with E-state index in [0.29, 0.717) is 10.6 Å². The van der Waals surface area contributed by atoms with E-state index in [0.717, 1.165) is 0 Å². The summed E-state index contributed by atoms with van der Waals surface area (Å²) in [7, 11) is -8.73. The van der Waals surface area contributed by atoms with E-state index in [-0.39, 0.29) is 9.79 Å². The molecule has 8 heteroatoms. The van der Waals surface area contributed by atoms with Crippen molar-refractivity contribution in [2.45, 2.75) is 27.2 Å². The van der Waals surface area contributed by atoms with E-state index >= 15 is 0 Å². The Morgan fingerprint density at radius 1 is 0.774 bits per heavy atom. The highest BCUT2D eigenvalue weighted by Crippen LogP contribution is 2.40. The van der Waals surface area contributed by atoms with Gasteiger partial charge in [0.1, 0.15) is 0 Å². The molecule has 3 aromatic carbocycles. The highest BCUT2D eigenvalue weighted by molar-refractivity contribution is 8.09. The maximum absolute atomic E-state index is 13.8. The molecule has 0 aliphatic heterocycles. The van der Waals surface area contributed by atoms with Gasteiger partial charge < -0.3 is 5.11 Å². The molecule has 0 spiro atoms. The standard InChI is InChI=1S/C23H23ClO5S2/c1-17(16-25)22(18-9-8-10-19(24)15-18)23(30(26,27)20-11-4-2-5-12-20)31(28,29)21-13-6-3-7-14-21/h2-15,17,22-23,25H,16H2,1H3/t17-,22-/m0/s1. The molecule has 0 radical (unpaired) electrons. The summed E-state index contributed by atoms with van der Waals surface area (Å²) in [5, 5.41) is 10.3. The Bertz CT molecular complexity index is 1160. The molecule has 0 aliphatic rings. The average molecular weight is 479 g/mol. The molecule has 1 N–H and O–H groups in total. The Morgan fingerprint density at radius 3 is 1.68 bits per heavy atom. The fraction of sp³-hybridized carbons (Fsp3) is 0.217. The molecule has 164 valence electrons. The van der Waals surface area contributed by atoms with Crippen LogP contribution in [-0.2, 0) is 19.7 Å². The molecule has 0 aromatic heterocycles. The van der Waals surface area contributed by atoms with Crippen LogP contribution in [0.3, 0.4) is 0 Å². The number of hydrogen-bond donors (Lipinski definition) is 1. The molecule has 31 heavy (non-hydrogen) atoms. The fourth-order valence-electron chi connectivity index (χ4n) is 3.62. The lowest BCUT2D eigenvalue weighted by atomic mass is 9.89. The maximum atomic E-state index is 13.8. The summed E-state index contributed by atoms with van der Waals surface area (Å²) in [4.78, 5) is -0.201. The highest BCUT2D eigenvalue weighted by Gasteiger charge is 2.47. The first-order valence-electron chi connectivity index (χ1n) is 9.64. The van der Waals surface area contributed by atoms with Crippen LogP contribution in [0.15, 0.2) is 94.7 Å². The first-order valence-corrected chi connectivity index (χ1v) is 13.1. The Labute approximate surface area is 188 Å². The van der Waals surface area contributed by atoms with Gasteiger partial charge in [-0.1, -0.05) is 67.1 Å². The van der Waals surface area contributed by atoms with Crippen LogP contribution in [0.2, 0.25) is 5.02 Å². The Balaban J connectivity index is 2.33. The van der Waals surface area contributed by atoms with Crippen LogP contribution in [-0.4, -0.2) is 33.1 Å². The van der Waals surface area contributed by atoms with Gasteiger partial charge in [-0.2, -0.15) is 0 Å². The molecule has 0 amide bonds. The molecule has 0 saturated carbocycles. The van der Waals surface area contributed by atoms with Crippen LogP contribution < -0.4 is 0 Å². The number of rotatable bonds is 8. The van der Waals surface area contributed by atoms with E-state index in [1.165, 1.54) is 24.3 Å². The quantitative estimate of drug-likeness (QED) is 0.520. The molecular weight excluding hydrogens is 456 g/mol. The van der Waals surface area contributed by atoms with Crippen LogP contribution in [0.25, 0.3) is 0 Å². The van der Waals surface area contributed by atoms with E-state index in [1.54, 1.807) is 67.6 Å². The zero-order chi connectivity index (χ0) is 22.6. The van der Waals surface area contributed by atoms with Crippen molar-refractivity contribution in [2.75, 3.05) is 6.61 Å². The number of aliphatic hydroxyl groups excluding tert-OH is 1. The van der Waals surface area contributed by atoms with Gasteiger partial charge in [0.2, 0.25) is 0 Å². The molecule has 5 nitrogen and oxygen atoms in total. The second kappa shape index (κ2) is 9.53. The maximum Gasteiger partial charge on any atom is 0.196 e. The molecule has 0 unspecified atom stereocenters. The van der Waals surface area contributed by atoms with Gasteiger partial charge in [-0.15, -0.1) is 0 Å². The predicted molar refractivity (Wildman–Crippen MR) is 121 cm³/mol. The summed E-state index contributed by atoms with van der Waals surface area (Å²) in [5.41, 5.74) is 0.429.